The Morgan fingerprint density at radius 1 is 1.53 bits per heavy atom. The molecule has 1 unspecified atom stereocenters. The Morgan fingerprint density at radius 2 is 2.24 bits per heavy atom. The van der Waals surface area contributed by atoms with Crippen molar-refractivity contribution in [3.63, 3.8) is 0 Å². The van der Waals surface area contributed by atoms with Gasteiger partial charge < -0.3 is 0 Å². The van der Waals surface area contributed by atoms with Crippen LogP contribution in [0.15, 0.2) is 43.1 Å². The molecule has 1 atom stereocenters. The molecule has 1 aliphatic rings. The number of benzene rings is 1. The molecule has 0 bridgehead atoms. The van der Waals surface area contributed by atoms with E-state index in [1.165, 1.54) is 11.0 Å². The van der Waals surface area contributed by atoms with Crippen molar-refractivity contribution < 1.29 is 4.79 Å². The molecule has 1 aromatic carbocycles. The molecular weight excluding hydrogens is 212 g/mol. The summed E-state index contributed by atoms with van der Waals surface area (Å²) < 4.78 is 0. The molecule has 0 aromatic heterocycles. The van der Waals surface area contributed by atoms with Crippen molar-refractivity contribution in [2.24, 2.45) is 0 Å². The van der Waals surface area contributed by atoms with Gasteiger partial charge in [0.1, 0.15) is 0 Å². The number of carbonyl (C=O) groups is 1. The molecule has 0 spiro atoms. The van der Waals surface area contributed by atoms with Gasteiger partial charge in [0.2, 0.25) is 0 Å². The summed E-state index contributed by atoms with van der Waals surface area (Å²) in [5.74, 6) is -0.278. The van der Waals surface area contributed by atoms with Gasteiger partial charge in [0.25, 0.3) is 5.91 Å². The Hall–Kier alpha value is -2.34. The van der Waals surface area contributed by atoms with Crippen molar-refractivity contribution in [3.8, 4) is 6.07 Å². The molecule has 84 valence electrons. The minimum atomic E-state index is -0.976. The zero-order valence-corrected chi connectivity index (χ0v) is 9.55. The Kier molecular flexibility index (Phi) is 2.57. The largest absolute Gasteiger partial charge is 0.292 e. The van der Waals surface area contributed by atoms with E-state index in [9.17, 15) is 10.1 Å². The Bertz CT molecular complexity index is 554. The van der Waals surface area contributed by atoms with Crippen LogP contribution in [0.3, 0.4) is 0 Å². The van der Waals surface area contributed by atoms with Crippen LogP contribution >= 0.6 is 0 Å². The summed E-state index contributed by atoms with van der Waals surface area (Å²) in [6.45, 7) is 5.19. The maximum atomic E-state index is 11.8. The Labute approximate surface area is 100 Å². The van der Waals surface area contributed by atoms with Gasteiger partial charge in [-0.1, -0.05) is 30.8 Å². The van der Waals surface area contributed by atoms with Crippen LogP contribution in [0.5, 0.6) is 0 Å². The fraction of sp³-hybridized carbons (Fsp3) is 0.143. The van der Waals surface area contributed by atoms with E-state index in [1.54, 1.807) is 13.1 Å². The molecular formula is C14H12N2O. The number of fused-ring (bicyclic) bond motifs is 1. The summed E-state index contributed by atoms with van der Waals surface area (Å²) in [6.07, 6.45) is 4.68. The molecule has 1 aliphatic heterocycles. The van der Waals surface area contributed by atoms with E-state index >= 15 is 0 Å². The lowest BCUT2D eigenvalue weighted by atomic mass is 9.85. The molecule has 0 N–H and O–H groups in total. The molecule has 0 radical (unpaired) electrons. The molecule has 1 heterocycles. The van der Waals surface area contributed by atoms with Gasteiger partial charge in [-0.3, -0.25) is 9.69 Å². The number of nitriles is 1. The van der Waals surface area contributed by atoms with Crippen LogP contribution in [0.4, 0.5) is 0 Å². The van der Waals surface area contributed by atoms with E-state index in [-0.39, 0.29) is 5.91 Å². The van der Waals surface area contributed by atoms with Crippen LogP contribution in [0.1, 0.15) is 18.1 Å². The van der Waals surface area contributed by atoms with Gasteiger partial charge in [-0.25, -0.2) is 0 Å². The van der Waals surface area contributed by atoms with Gasteiger partial charge in [-0.05, 0) is 30.2 Å². The van der Waals surface area contributed by atoms with Crippen LogP contribution in [0.25, 0.3) is 6.08 Å². The normalized spacial score (nSPS) is 21.5. The first-order valence-electron chi connectivity index (χ1n) is 5.28. The highest BCUT2D eigenvalue weighted by Crippen LogP contribution is 2.35. The molecule has 0 aliphatic carbocycles. The van der Waals surface area contributed by atoms with Gasteiger partial charge in [-0.15, -0.1) is 0 Å². The van der Waals surface area contributed by atoms with Crippen molar-refractivity contribution >= 4 is 12.0 Å². The minimum absolute atomic E-state index is 0.278. The van der Waals surface area contributed by atoms with E-state index in [1.807, 2.05) is 30.3 Å². The third kappa shape index (κ3) is 1.55. The van der Waals surface area contributed by atoms with Gasteiger partial charge in [0.05, 0.1) is 6.07 Å². The van der Waals surface area contributed by atoms with Gasteiger partial charge in [-0.2, -0.15) is 5.26 Å². The second kappa shape index (κ2) is 3.91. The lowest BCUT2D eigenvalue weighted by Crippen LogP contribution is -2.44. The molecule has 0 fully saturated rings. The molecule has 3 heteroatoms. The predicted molar refractivity (Wildman–Crippen MR) is 65.5 cm³/mol. The van der Waals surface area contributed by atoms with E-state index in [0.29, 0.717) is 0 Å². The average Bonchev–Trinajstić information content (AvgIpc) is 2.38. The van der Waals surface area contributed by atoms with E-state index in [2.05, 4.69) is 12.6 Å². The monoisotopic (exact) mass is 224 g/mol. The smallest absolute Gasteiger partial charge is 0.251 e. The quantitative estimate of drug-likeness (QED) is 0.687. The highest BCUT2D eigenvalue weighted by atomic mass is 16.2. The standard InChI is InChI=1S/C14H12N2O/c1-3-13(17)16-9-8-11-6-4-5-7-12(11)14(16,2)10-15/h3-9H,1H2,2H3. The molecule has 1 amide bonds. The third-order valence-electron chi connectivity index (χ3n) is 3.00. The molecule has 17 heavy (non-hydrogen) atoms. The van der Waals surface area contributed by atoms with Gasteiger partial charge in [0, 0.05) is 6.20 Å². The summed E-state index contributed by atoms with van der Waals surface area (Å²) in [4.78, 5) is 13.2. The summed E-state index contributed by atoms with van der Waals surface area (Å²) in [7, 11) is 0. The summed E-state index contributed by atoms with van der Waals surface area (Å²) in [6, 6.07) is 9.78. The molecule has 2 rings (SSSR count). The van der Waals surface area contributed by atoms with Crippen LogP contribution in [0, 0.1) is 11.3 Å². The van der Waals surface area contributed by atoms with Crippen molar-refractivity contribution in [2.45, 2.75) is 12.5 Å². The van der Waals surface area contributed by atoms with E-state index in [0.717, 1.165) is 11.1 Å². The second-order valence-corrected chi connectivity index (χ2v) is 4.00. The average molecular weight is 224 g/mol. The maximum Gasteiger partial charge on any atom is 0.251 e. The third-order valence-corrected chi connectivity index (χ3v) is 3.00. The highest BCUT2D eigenvalue weighted by Gasteiger charge is 2.38. The van der Waals surface area contributed by atoms with Gasteiger partial charge in [0.15, 0.2) is 5.54 Å². The van der Waals surface area contributed by atoms with Crippen molar-refractivity contribution in [3.05, 3.63) is 54.2 Å². The minimum Gasteiger partial charge on any atom is -0.292 e. The topological polar surface area (TPSA) is 44.1 Å². The number of hydrogen-bond acceptors (Lipinski definition) is 2. The molecule has 0 saturated carbocycles. The Balaban J connectivity index is 2.62. The van der Waals surface area contributed by atoms with Crippen molar-refractivity contribution in [1.29, 1.82) is 5.26 Å². The summed E-state index contributed by atoms with van der Waals surface area (Å²) >= 11 is 0. The highest BCUT2D eigenvalue weighted by molar-refractivity contribution is 5.90. The van der Waals surface area contributed by atoms with Crippen LogP contribution in [-0.2, 0) is 10.3 Å². The lowest BCUT2D eigenvalue weighted by molar-refractivity contribution is -0.126. The zero-order chi connectivity index (χ0) is 12.5. The molecule has 1 aromatic rings. The Morgan fingerprint density at radius 3 is 2.88 bits per heavy atom. The van der Waals surface area contributed by atoms with Crippen molar-refractivity contribution in [2.75, 3.05) is 0 Å². The molecule has 3 nitrogen and oxygen atoms in total. The first-order valence-corrected chi connectivity index (χ1v) is 5.28. The lowest BCUT2D eigenvalue weighted by Gasteiger charge is -2.36. The number of amides is 1. The van der Waals surface area contributed by atoms with Gasteiger partial charge >= 0.3 is 0 Å². The number of hydrogen-bond donors (Lipinski definition) is 0. The summed E-state index contributed by atoms with van der Waals surface area (Å²) in [5, 5.41) is 9.40. The van der Waals surface area contributed by atoms with Crippen molar-refractivity contribution in [1.82, 2.24) is 4.90 Å². The van der Waals surface area contributed by atoms with Crippen LogP contribution in [-0.4, -0.2) is 10.8 Å². The predicted octanol–water partition coefficient (Wildman–Crippen LogP) is 2.42. The fourth-order valence-corrected chi connectivity index (χ4v) is 2.03. The number of nitrogens with zero attached hydrogens (tertiary/aromatic N) is 2. The van der Waals surface area contributed by atoms with Crippen LogP contribution in [0.2, 0.25) is 0 Å². The molecule has 0 saturated heterocycles. The van der Waals surface area contributed by atoms with E-state index < -0.39 is 5.54 Å². The first kappa shape index (κ1) is 11.2. The summed E-state index contributed by atoms with van der Waals surface area (Å²) in [5.41, 5.74) is 0.821. The number of carbonyl (C=O) groups excluding carboxylic acids is 1. The number of rotatable bonds is 1. The van der Waals surface area contributed by atoms with Crippen LogP contribution < -0.4 is 0 Å². The second-order valence-electron chi connectivity index (χ2n) is 4.00. The SMILES string of the molecule is C=CC(=O)N1C=Cc2ccccc2C1(C)C#N. The maximum absolute atomic E-state index is 11.8. The zero-order valence-electron chi connectivity index (χ0n) is 9.55. The van der Waals surface area contributed by atoms with E-state index in [4.69, 9.17) is 0 Å². The first-order chi connectivity index (χ1) is 8.13. The fourth-order valence-electron chi connectivity index (χ4n) is 2.03.